The van der Waals surface area contributed by atoms with E-state index in [0.717, 1.165) is 5.56 Å². The first kappa shape index (κ1) is 19.8. The monoisotopic (exact) mass is 420 g/mol. The van der Waals surface area contributed by atoms with Crippen molar-refractivity contribution in [2.45, 2.75) is 38.8 Å². The number of carbonyl (C=O) groups is 2. The summed E-state index contributed by atoms with van der Waals surface area (Å²) < 4.78 is 5.72. The molecule has 0 radical (unpaired) electrons. The first-order chi connectivity index (χ1) is 12.2. The van der Waals surface area contributed by atoms with E-state index >= 15 is 0 Å². The van der Waals surface area contributed by atoms with E-state index in [1.807, 2.05) is 30.3 Å². The third kappa shape index (κ3) is 6.44. The molecule has 0 saturated carbocycles. The molecular weight excluding hydrogens is 400 g/mol. The van der Waals surface area contributed by atoms with Crippen LogP contribution in [0.1, 0.15) is 26.3 Å². The number of anilines is 1. The Kier molecular flexibility index (Phi) is 6.68. The van der Waals surface area contributed by atoms with Gasteiger partial charge in [-0.2, -0.15) is 0 Å². The number of nitrogens with zero attached hydrogens (tertiary/aromatic N) is 2. The number of amides is 2. The molecule has 0 spiro atoms. The van der Waals surface area contributed by atoms with Gasteiger partial charge in [-0.15, -0.1) is 0 Å². The molecule has 26 heavy (non-hydrogen) atoms. The molecule has 1 aromatic heterocycles. The molecule has 2 amide bonds. The SMILES string of the molecule is CC(C)(C)OC(=O)N[C@@H](Cc1ccccc1)C(=O)Nc1cncnc1Br. The highest BCUT2D eigenvalue weighted by molar-refractivity contribution is 9.10. The maximum atomic E-state index is 12.7. The van der Waals surface area contributed by atoms with Crippen LogP contribution < -0.4 is 10.6 Å². The molecule has 1 atom stereocenters. The molecule has 0 fully saturated rings. The molecule has 1 heterocycles. The van der Waals surface area contributed by atoms with Crippen LogP contribution in [0, 0.1) is 0 Å². The number of nitrogens with one attached hydrogen (secondary N) is 2. The summed E-state index contributed by atoms with van der Waals surface area (Å²) in [4.78, 5) is 32.7. The minimum Gasteiger partial charge on any atom is -0.444 e. The van der Waals surface area contributed by atoms with Crippen LogP contribution in [0.4, 0.5) is 10.5 Å². The zero-order chi connectivity index (χ0) is 19.2. The second kappa shape index (κ2) is 8.75. The highest BCUT2D eigenvalue weighted by atomic mass is 79.9. The largest absolute Gasteiger partial charge is 0.444 e. The molecule has 1 aromatic carbocycles. The number of aromatic nitrogens is 2. The average molecular weight is 421 g/mol. The topological polar surface area (TPSA) is 93.2 Å². The van der Waals surface area contributed by atoms with E-state index in [-0.39, 0.29) is 0 Å². The molecule has 0 aliphatic heterocycles. The standard InChI is InChI=1S/C18H21BrN4O3/c1-18(2,3)26-17(25)23-13(9-12-7-5-4-6-8-12)16(24)22-14-10-20-11-21-15(14)19/h4-8,10-11,13H,9H2,1-3H3,(H,22,24)(H,23,25)/t13-/m0/s1. The summed E-state index contributed by atoms with van der Waals surface area (Å²) in [5.41, 5.74) is 0.669. The predicted molar refractivity (Wildman–Crippen MR) is 102 cm³/mol. The minimum atomic E-state index is -0.820. The van der Waals surface area contributed by atoms with Crippen LogP contribution in [0.3, 0.4) is 0 Å². The van der Waals surface area contributed by atoms with Gasteiger partial charge in [-0.1, -0.05) is 30.3 Å². The van der Waals surface area contributed by atoms with E-state index < -0.39 is 23.6 Å². The maximum absolute atomic E-state index is 12.7. The number of alkyl carbamates (subject to hydrolysis) is 1. The molecule has 138 valence electrons. The van der Waals surface area contributed by atoms with Gasteiger partial charge >= 0.3 is 6.09 Å². The summed E-state index contributed by atoms with van der Waals surface area (Å²) >= 11 is 3.25. The number of benzene rings is 1. The Morgan fingerprint density at radius 3 is 2.54 bits per heavy atom. The van der Waals surface area contributed by atoms with Gasteiger partial charge in [-0.3, -0.25) is 4.79 Å². The molecule has 0 aliphatic rings. The Morgan fingerprint density at radius 2 is 1.92 bits per heavy atom. The summed E-state index contributed by atoms with van der Waals surface area (Å²) in [6.45, 7) is 5.28. The van der Waals surface area contributed by atoms with E-state index in [9.17, 15) is 9.59 Å². The predicted octanol–water partition coefficient (Wildman–Crippen LogP) is 3.31. The molecule has 0 bridgehead atoms. The van der Waals surface area contributed by atoms with Gasteiger partial charge in [0.15, 0.2) is 0 Å². The average Bonchev–Trinajstić information content (AvgIpc) is 2.55. The van der Waals surface area contributed by atoms with Crippen molar-refractivity contribution >= 4 is 33.6 Å². The molecule has 2 rings (SSSR count). The van der Waals surface area contributed by atoms with E-state index in [0.29, 0.717) is 16.7 Å². The van der Waals surface area contributed by atoms with E-state index in [4.69, 9.17) is 4.74 Å². The summed E-state index contributed by atoms with van der Waals surface area (Å²) in [6, 6.07) is 8.59. The molecule has 7 nitrogen and oxygen atoms in total. The first-order valence-corrected chi connectivity index (χ1v) is 8.84. The van der Waals surface area contributed by atoms with Gasteiger partial charge in [-0.25, -0.2) is 14.8 Å². The van der Waals surface area contributed by atoms with Gasteiger partial charge in [0.1, 0.15) is 22.6 Å². The van der Waals surface area contributed by atoms with Crippen LogP contribution in [0.2, 0.25) is 0 Å². The van der Waals surface area contributed by atoms with E-state index in [1.54, 1.807) is 20.8 Å². The van der Waals surface area contributed by atoms with E-state index in [1.165, 1.54) is 12.5 Å². The van der Waals surface area contributed by atoms with Crippen molar-refractivity contribution in [2.24, 2.45) is 0 Å². The summed E-state index contributed by atoms with van der Waals surface area (Å²) in [6.07, 6.45) is 2.50. The lowest BCUT2D eigenvalue weighted by Crippen LogP contribution is -2.47. The number of rotatable bonds is 5. The van der Waals surface area contributed by atoms with Crippen molar-refractivity contribution in [3.05, 3.63) is 53.0 Å². The van der Waals surface area contributed by atoms with Crippen molar-refractivity contribution in [3.8, 4) is 0 Å². The number of hydrogen-bond acceptors (Lipinski definition) is 5. The molecule has 0 saturated heterocycles. The fourth-order valence-electron chi connectivity index (χ4n) is 2.13. The molecule has 0 unspecified atom stereocenters. The van der Waals surface area contributed by atoms with Gasteiger partial charge in [0.25, 0.3) is 0 Å². The van der Waals surface area contributed by atoms with Crippen molar-refractivity contribution in [1.82, 2.24) is 15.3 Å². The Morgan fingerprint density at radius 1 is 1.23 bits per heavy atom. The third-order valence-electron chi connectivity index (χ3n) is 3.21. The van der Waals surface area contributed by atoms with Crippen molar-refractivity contribution in [3.63, 3.8) is 0 Å². The van der Waals surface area contributed by atoms with Gasteiger partial charge < -0.3 is 15.4 Å². The van der Waals surface area contributed by atoms with Crippen LogP contribution in [0.5, 0.6) is 0 Å². The molecular formula is C18H21BrN4O3. The first-order valence-electron chi connectivity index (χ1n) is 8.04. The minimum absolute atomic E-state index is 0.317. The Hall–Kier alpha value is -2.48. The van der Waals surface area contributed by atoms with Crippen molar-refractivity contribution < 1.29 is 14.3 Å². The Labute approximate surface area is 160 Å². The van der Waals surface area contributed by atoms with Crippen molar-refractivity contribution in [1.29, 1.82) is 0 Å². The number of ether oxygens (including phenoxy) is 1. The van der Waals surface area contributed by atoms with Crippen LogP contribution in [-0.2, 0) is 16.0 Å². The second-order valence-electron chi connectivity index (χ2n) is 6.61. The Balaban J connectivity index is 2.14. The molecule has 0 aliphatic carbocycles. The number of hydrogen-bond donors (Lipinski definition) is 2. The van der Waals surface area contributed by atoms with Crippen LogP contribution >= 0.6 is 15.9 Å². The zero-order valence-electron chi connectivity index (χ0n) is 14.8. The van der Waals surface area contributed by atoms with Gasteiger partial charge in [0.2, 0.25) is 5.91 Å². The van der Waals surface area contributed by atoms with E-state index in [2.05, 4.69) is 36.5 Å². The molecule has 2 aromatic rings. The third-order valence-corrected chi connectivity index (χ3v) is 3.84. The highest BCUT2D eigenvalue weighted by Crippen LogP contribution is 2.18. The fourth-order valence-corrected chi connectivity index (χ4v) is 2.42. The van der Waals surface area contributed by atoms with Gasteiger partial charge in [0, 0.05) is 6.42 Å². The smallest absolute Gasteiger partial charge is 0.408 e. The number of carbonyl (C=O) groups excluding carboxylic acids is 2. The lowest BCUT2D eigenvalue weighted by molar-refractivity contribution is -0.118. The van der Waals surface area contributed by atoms with Crippen molar-refractivity contribution in [2.75, 3.05) is 5.32 Å². The summed E-state index contributed by atoms with van der Waals surface area (Å²) in [5, 5.41) is 5.35. The maximum Gasteiger partial charge on any atom is 0.408 e. The fraction of sp³-hybridized carbons (Fsp3) is 0.333. The quantitative estimate of drug-likeness (QED) is 0.723. The zero-order valence-corrected chi connectivity index (χ0v) is 16.4. The van der Waals surface area contributed by atoms with Crippen LogP contribution in [0.15, 0.2) is 47.5 Å². The second-order valence-corrected chi connectivity index (χ2v) is 7.36. The van der Waals surface area contributed by atoms with Crippen LogP contribution in [-0.4, -0.2) is 33.6 Å². The molecule has 8 heteroatoms. The molecule has 2 N–H and O–H groups in total. The lowest BCUT2D eigenvalue weighted by atomic mass is 10.1. The summed E-state index contributed by atoms with van der Waals surface area (Å²) in [7, 11) is 0. The number of halogens is 1. The summed E-state index contributed by atoms with van der Waals surface area (Å²) in [5.74, 6) is -0.393. The highest BCUT2D eigenvalue weighted by Gasteiger charge is 2.25. The lowest BCUT2D eigenvalue weighted by Gasteiger charge is -2.23. The van der Waals surface area contributed by atoms with Crippen LogP contribution in [0.25, 0.3) is 0 Å². The normalized spacial score (nSPS) is 12.2. The Bertz CT molecular complexity index is 763. The van der Waals surface area contributed by atoms with Gasteiger partial charge in [0.05, 0.1) is 11.9 Å². The van der Waals surface area contributed by atoms with Gasteiger partial charge in [-0.05, 0) is 42.3 Å².